The average molecular weight is 693 g/mol. The summed E-state index contributed by atoms with van der Waals surface area (Å²) in [6.45, 7) is 8.08. The van der Waals surface area contributed by atoms with Gasteiger partial charge in [-0.25, -0.2) is 0 Å². The van der Waals surface area contributed by atoms with Crippen molar-refractivity contribution in [1.82, 2.24) is 0 Å². The zero-order valence-electron chi connectivity index (χ0n) is 29.0. The number of hydrogen-bond donors (Lipinski definition) is 5. The molecule has 0 spiro atoms. The number of carbonyl (C=O) groups is 1. The Labute approximate surface area is 288 Å². The van der Waals surface area contributed by atoms with Crippen molar-refractivity contribution >= 4 is 6.29 Å². The standard InChI is InChI=1S/C37H56O12/c1-19-13-21(17-45-19)24-9-12-37(43)26-6-5-22-14-23(7-11-36(22,18-39)25(26)8-10-35(24,37)3)47-29-15-27(44-4)33(20(2)46-29)49-34-32(42)31(41)30(40)28(16-38)48-34/h13,18,20,22-34,38,40-43H,1,5-12,14-17H2,2-4H3. The summed E-state index contributed by atoms with van der Waals surface area (Å²) < 4.78 is 35.9. The molecule has 7 aliphatic rings. The molecule has 49 heavy (non-hydrogen) atoms. The third kappa shape index (κ3) is 5.77. The fraction of sp³-hybridized carbons (Fsp3) is 0.865. The van der Waals surface area contributed by atoms with Crippen LogP contribution in [0.15, 0.2) is 24.0 Å². The van der Waals surface area contributed by atoms with Crippen LogP contribution in [-0.2, 0) is 33.2 Å². The van der Waals surface area contributed by atoms with Crippen molar-refractivity contribution in [1.29, 1.82) is 0 Å². The molecule has 7 rings (SSSR count). The molecule has 2 saturated heterocycles. The van der Waals surface area contributed by atoms with Gasteiger partial charge < -0.3 is 58.7 Å². The van der Waals surface area contributed by atoms with Gasteiger partial charge in [-0.2, -0.15) is 0 Å². The number of aliphatic hydroxyl groups is 5. The van der Waals surface area contributed by atoms with Crippen LogP contribution in [0.2, 0.25) is 0 Å². The first-order valence-corrected chi connectivity index (χ1v) is 18.4. The second-order valence-corrected chi connectivity index (χ2v) is 16.3. The molecule has 0 radical (unpaired) electrons. The molecule has 6 fully saturated rings. The largest absolute Gasteiger partial charge is 0.490 e. The van der Waals surface area contributed by atoms with E-state index >= 15 is 0 Å². The second kappa shape index (κ2) is 13.5. The number of fused-ring (bicyclic) bond motifs is 5. The van der Waals surface area contributed by atoms with Crippen LogP contribution >= 0.6 is 0 Å². The van der Waals surface area contributed by atoms with E-state index in [1.807, 2.05) is 6.92 Å². The first kappa shape index (κ1) is 35.9. The van der Waals surface area contributed by atoms with Crippen LogP contribution in [0.5, 0.6) is 0 Å². The lowest BCUT2D eigenvalue weighted by Gasteiger charge is -2.63. The molecule has 3 heterocycles. The number of hydrogen-bond acceptors (Lipinski definition) is 12. The zero-order valence-corrected chi connectivity index (χ0v) is 29.0. The normalized spacial score (nSPS) is 52.8. The molecule has 17 unspecified atom stereocenters. The molecule has 276 valence electrons. The molecule has 5 N–H and O–H groups in total. The van der Waals surface area contributed by atoms with Gasteiger partial charge in [0, 0.05) is 24.4 Å². The van der Waals surface area contributed by atoms with Crippen LogP contribution in [0, 0.1) is 34.5 Å². The molecule has 12 nitrogen and oxygen atoms in total. The van der Waals surface area contributed by atoms with Crippen molar-refractivity contribution in [2.45, 2.75) is 145 Å². The van der Waals surface area contributed by atoms with E-state index in [0.29, 0.717) is 18.8 Å². The average Bonchev–Trinajstić information content (AvgIpc) is 3.64. The molecule has 0 aromatic heterocycles. The molecule has 17 atom stereocenters. The fourth-order valence-electron chi connectivity index (χ4n) is 11.6. The van der Waals surface area contributed by atoms with Gasteiger partial charge in [-0.1, -0.05) is 13.5 Å². The Hall–Kier alpha value is -1.45. The summed E-state index contributed by atoms with van der Waals surface area (Å²) in [6.07, 6.45) is 1.86. The molecule has 0 aromatic rings. The van der Waals surface area contributed by atoms with E-state index < -0.39 is 72.9 Å². The first-order chi connectivity index (χ1) is 23.4. The molecule has 4 saturated carbocycles. The number of methoxy groups -OCH3 is 1. The number of aliphatic hydroxyl groups excluding tert-OH is 4. The van der Waals surface area contributed by atoms with Gasteiger partial charge in [-0.3, -0.25) is 0 Å². The summed E-state index contributed by atoms with van der Waals surface area (Å²) in [6, 6.07) is 0. The quantitative estimate of drug-likeness (QED) is 0.186. The van der Waals surface area contributed by atoms with E-state index in [9.17, 15) is 30.3 Å². The minimum absolute atomic E-state index is 0.0897. The molecule has 0 amide bonds. The van der Waals surface area contributed by atoms with Gasteiger partial charge in [-0.05, 0) is 100 Å². The molecular weight excluding hydrogens is 636 g/mol. The first-order valence-electron chi connectivity index (χ1n) is 18.4. The van der Waals surface area contributed by atoms with E-state index in [1.54, 1.807) is 7.11 Å². The van der Waals surface area contributed by atoms with Crippen molar-refractivity contribution in [3.8, 4) is 0 Å². The molecular formula is C37H56O12. The van der Waals surface area contributed by atoms with Crippen molar-refractivity contribution < 1.29 is 58.7 Å². The van der Waals surface area contributed by atoms with Gasteiger partial charge in [0.15, 0.2) is 12.6 Å². The van der Waals surface area contributed by atoms with E-state index in [2.05, 4.69) is 19.6 Å². The molecule has 12 heteroatoms. The highest BCUT2D eigenvalue weighted by atomic mass is 16.7. The van der Waals surface area contributed by atoms with E-state index in [4.69, 9.17) is 28.4 Å². The monoisotopic (exact) mass is 692 g/mol. The number of ether oxygens (including phenoxy) is 6. The number of carbonyl (C=O) groups excluding carboxylic acids is 1. The zero-order chi connectivity index (χ0) is 34.9. The maximum absolute atomic E-state index is 13.2. The van der Waals surface area contributed by atoms with E-state index in [0.717, 1.165) is 57.8 Å². The highest BCUT2D eigenvalue weighted by Crippen LogP contribution is 2.69. The van der Waals surface area contributed by atoms with Crippen molar-refractivity contribution in [2.24, 2.45) is 34.5 Å². The molecule has 4 aliphatic carbocycles. The lowest BCUT2D eigenvalue weighted by atomic mass is 9.43. The van der Waals surface area contributed by atoms with Crippen LogP contribution in [0.3, 0.4) is 0 Å². The van der Waals surface area contributed by atoms with Gasteiger partial charge in [0.2, 0.25) is 0 Å². The van der Waals surface area contributed by atoms with Gasteiger partial charge in [0.25, 0.3) is 0 Å². The van der Waals surface area contributed by atoms with Gasteiger partial charge >= 0.3 is 0 Å². The topological polar surface area (TPSA) is 174 Å². The summed E-state index contributed by atoms with van der Waals surface area (Å²) in [7, 11) is 1.56. The molecule has 3 aliphatic heterocycles. The Balaban J connectivity index is 0.990. The highest BCUT2D eigenvalue weighted by Gasteiger charge is 2.68. The van der Waals surface area contributed by atoms with Crippen LogP contribution in [0.4, 0.5) is 0 Å². The SMILES string of the molecule is C=C1C=C(C2CCC3(O)C4CCC5CC(OC6CC(OC)C(OC7OC(CO)C(O)C(O)C7O)C(C)O6)CCC5(C=O)C4CCC23C)CO1. The van der Waals surface area contributed by atoms with Crippen LogP contribution < -0.4 is 0 Å². The number of aldehydes is 1. The summed E-state index contributed by atoms with van der Waals surface area (Å²) >= 11 is 0. The predicted octanol–water partition coefficient (Wildman–Crippen LogP) is 2.13. The maximum Gasteiger partial charge on any atom is 0.187 e. The minimum Gasteiger partial charge on any atom is -0.490 e. The Morgan fingerprint density at radius 1 is 0.980 bits per heavy atom. The Bertz CT molecular complexity index is 1270. The summed E-state index contributed by atoms with van der Waals surface area (Å²) in [5.74, 6) is 1.38. The lowest BCUT2D eigenvalue weighted by molar-refractivity contribution is -0.345. The lowest BCUT2D eigenvalue weighted by Crippen LogP contribution is -2.63. The summed E-state index contributed by atoms with van der Waals surface area (Å²) in [5.41, 5.74) is -0.278. The van der Waals surface area contributed by atoms with Gasteiger partial charge in [-0.15, -0.1) is 0 Å². The third-order valence-electron chi connectivity index (χ3n) is 14.2. The van der Waals surface area contributed by atoms with Crippen molar-refractivity contribution in [3.05, 3.63) is 24.0 Å². The van der Waals surface area contributed by atoms with E-state index in [-0.39, 0.29) is 35.2 Å². The van der Waals surface area contributed by atoms with Gasteiger partial charge in [0.1, 0.15) is 49.2 Å². The summed E-state index contributed by atoms with van der Waals surface area (Å²) in [5, 5.41) is 53.0. The Morgan fingerprint density at radius 2 is 1.78 bits per heavy atom. The van der Waals surface area contributed by atoms with Crippen LogP contribution in [-0.4, -0.2) is 119 Å². The number of rotatable bonds is 8. The van der Waals surface area contributed by atoms with E-state index in [1.165, 1.54) is 11.9 Å². The van der Waals surface area contributed by atoms with Gasteiger partial charge in [0.05, 0.1) is 30.5 Å². The van der Waals surface area contributed by atoms with Crippen molar-refractivity contribution in [3.63, 3.8) is 0 Å². The Kier molecular flexibility index (Phi) is 9.91. The Morgan fingerprint density at radius 3 is 2.47 bits per heavy atom. The smallest absolute Gasteiger partial charge is 0.187 e. The van der Waals surface area contributed by atoms with Crippen LogP contribution in [0.1, 0.15) is 78.1 Å². The predicted molar refractivity (Wildman–Crippen MR) is 174 cm³/mol. The highest BCUT2D eigenvalue weighted by molar-refractivity contribution is 5.62. The maximum atomic E-state index is 13.2. The van der Waals surface area contributed by atoms with Crippen molar-refractivity contribution in [2.75, 3.05) is 20.3 Å². The number of allylic oxidation sites excluding steroid dienone is 1. The molecule has 0 aromatic carbocycles. The summed E-state index contributed by atoms with van der Waals surface area (Å²) in [4.78, 5) is 13.2. The van der Waals surface area contributed by atoms with Crippen LogP contribution in [0.25, 0.3) is 0 Å². The third-order valence-corrected chi connectivity index (χ3v) is 14.2. The minimum atomic E-state index is -1.55. The molecule has 0 bridgehead atoms. The second-order valence-electron chi connectivity index (χ2n) is 16.3. The fourth-order valence-corrected chi connectivity index (χ4v) is 11.6.